The fraction of sp³-hybridized carbons (Fsp3) is 0.667. The van der Waals surface area contributed by atoms with Crippen molar-refractivity contribution in [2.75, 3.05) is 13.2 Å². The first-order valence-electron chi connectivity index (χ1n) is 8.21. The van der Waals surface area contributed by atoms with E-state index in [-0.39, 0.29) is 0 Å². The Bertz CT molecular complexity index is 439. The van der Waals surface area contributed by atoms with Crippen LogP contribution >= 0.6 is 0 Å². The van der Waals surface area contributed by atoms with Crippen molar-refractivity contribution in [2.24, 2.45) is 0 Å². The molecule has 0 saturated heterocycles. The molecule has 1 aromatic carbocycles. The van der Waals surface area contributed by atoms with Crippen LogP contribution < -0.4 is 10.1 Å². The van der Waals surface area contributed by atoms with Gasteiger partial charge in [0.1, 0.15) is 18.5 Å². The number of aliphatic hydroxyl groups is 1. The number of hydrogen-bond acceptors (Lipinski definition) is 3. The second kappa shape index (κ2) is 7.81. The van der Waals surface area contributed by atoms with E-state index >= 15 is 0 Å². The summed E-state index contributed by atoms with van der Waals surface area (Å²) in [7, 11) is 0. The molecule has 0 aromatic heterocycles. The zero-order valence-electron chi connectivity index (χ0n) is 13.6. The molecule has 3 nitrogen and oxygen atoms in total. The van der Waals surface area contributed by atoms with Crippen LogP contribution in [-0.2, 0) is 0 Å². The summed E-state index contributed by atoms with van der Waals surface area (Å²) >= 11 is 0. The van der Waals surface area contributed by atoms with Gasteiger partial charge in [0.05, 0.1) is 0 Å². The minimum absolute atomic E-state index is 0.350. The maximum atomic E-state index is 10.1. The summed E-state index contributed by atoms with van der Waals surface area (Å²) in [5.74, 6) is 1.33. The predicted molar refractivity (Wildman–Crippen MR) is 87.0 cm³/mol. The van der Waals surface area contributed by atoms with Crippen LogP contribution in [0, 0.1) is 6.92 Å². The SMILES string of the molecule is Cc1ccc(C(C)C)c(OC[C@@H](O)CNC2CCCC2)c1. The Balaban J connectivity index is 1.82. The Hall–Kier alpha value is -1.06. The van der Waals surface area contributed by atoms with Gasteiger partial charge in [-0.3, -0.25) is 0 Å². The van der Waals surface area contributed by atoms with E-state index in [1.165, 1.54) is 36.8 Å². The smallest absolute Gasteiger partial charge is 0.123 e. The van der Waals surface area contributed by atoms with Crippen molar-refractivity contribution in [3.63, 3.8) is 0 Å². The Labute approximate surface area is 128 Å². The fourth-order valence-corrected chi connectivity index (χ4v) is 2.92. The molecule has 3 heteroatoms. The molecule has 1 fully saturated rings. The van der Waals surface area contributed by atoms with Crippen molar-refractivity contribution >= 4 is 0 Å². The number of aliphatic hydroxyl groups excluding tert-OH is 1. The molecule has 1 aromatic rings. The first-order valence-corrected chi connectivity index (χ1v) is 8.21. The van der Waals surface area contributed by atoms with Crippen molar-refractivity contribution in [3.05, 3.63) is 29.3 Å². The Kier molecular flexibility index (Phi) is 6.07. The van der Waals surface area contributed by atoms with Gasteiger partial charge < -0.3 is 15.2 Å². The van der Waals surface area contributed by atoms with Crippen LogP contribution in [0.5, 0.6) is 5.75 Å². The van der Waals surface area contributed by atoms with Crippen molar-refractivity contribution in [1.82, 2.24) is 5.32 Å². The Morgan fingerprint density at radius 1 is 1.29 bits per heavy atom. The zero-order chi connectivity index (χ0) is 15.2. The lowest BCUT2D eigenvalue weighted by molar-refractivity contribution is 0.103. The van der Waals surface area contributed by atoms with Gasteiger partial charge in [-0.25, -0.2) is 0 Å². The van der Waals surface area contributed by atoms with Gasteiger partial charge in [0.2, 0.25) is 0 Å². The summed E-state index contributed by atoms with van der Waals surface area (Å²) in [4.78, 5) is 0. The molecule has 0 aliphatic heterocycles. The molecule has 1 aliphatic carbocycles. The number of nitrogens with one attached hydrogen (secondary N) is 1. The van der Waals surface area contributed by atoms with Gasteiger partial charge >= 0.3 is 0 Å². The van der Waals surface area contributed by atoms with Gasteiger partial charge in [-0.1, -0.05) is 38.8 Å². The quantitative estimate of drug-likeness (QED) is 0.809. The van der Waals surface area contributed by atoms with E-state index in [0.29, 0.717) is 25.1 Å². The summed E-state index contributed by atoms with van der Waals surface area (Å²) in [5, 5.41) is 13.5. The number of aryl methyl sites for hydroxylation is 1. The highest BCUT2D eigenvalue weighted by Gasteiger charge is 2.16. The molecular formula is C18H29NO2. The monoisotopic (exact) mass is 291 g/mol. The number of hydrogen-bond donors (Lipinski definition) is 2. The molecule has 1 atom stereocenters. The number of rotatable bonds is 7. The topological polar surface area (TPSA) is 41.5 Å². The highest BCUT2D eigenvalue weighted by Crippen LogP contribution is 2.27. The molecule has 0 radical (unpaired) electrons. The second-order valence-corrected chi connectivity index (χ2v) is 6.55. The van der Waals surface area contributed by atoms with E-state index in [1.54, 1.807) is 0 Å². The average Bonchev–Trinajstić information content (AvgIpc) is 2.96. The highest BCUT2D eigenvalue weighted by molar-refractivity contribution is 5.39. The van der Waals surface area contributed by atoms with E-state index in [1.807, 2.05) is 0 Å². The van der Waals surface area contributed by atoms with Crippen LogP contribution in [-0.4, -0.2) is 30.4 Å². The molecule has 0 amide bonds. The molecule has 2 rings (SSSR count). The van der Waals surface area contributed by atoms with Gasteiger partial charge in [0, 0.05) is 12.6 Å². The third-order valence-electron chi connectivity index (χ3n) is 4.22. The van der Waals surface area contributed by atoms with Crippen LogP contribution in [0.1, 0.15) is 56.6 Å². The maximum Gasteiger partial charge on any atom is 0.123 e. The molecule has 0 unspecified atom stereocenters. The number of benzene rings is 1. The van der Waals surface area contributed by atoms with Gasteiger partial charge in [-0.05, 0) is 42.9 Å². The standard InChI is InChI=1S/C18H29NO2/c1-13(2)17-9-8-14(3)10-18(17)21-12-16(20)11-19-15-6-4-5-7-15/h8-10,13,15-16,19-20H,4-7,11-12H2,1-3H3/t16-/m0/s1. The van der Waals surface area contributed by atoms with Crippen molar-refractivity contribution < 1.29 is 9.84 Å². The lowest BCUT2D eigenvalue weighted by atomic mass is 10.0. The van der Waals surface area contributed by atoms with Crippen molar-refractivity contribution in [3.8, 4) is 5.75 Å². The summed E-state index contributed by atoms with van der Waals surface area (Å²) in [5.41, 5.74) is 2.39. The third kappa shape index (κ3) is 5.01. The molecular weight excluding hydrogens is 262 g/mol. The zero-order valence-corrected chi connectivity index (χ0v) is 13.6. The van der Waals surface area contributed by atoms with E-state index < -0.39 is 6.10 Å². The van der Waals surface area contributed by atoms with Gasteiger partial charge in [-0.15, -0.1) is 0 Å². The van der Waals surface area contributed by atoms with Gasteiger partial charge in [0.25, 0.3) is 0 Å². The third-order valence-corrected chi connectivity index (χ3v) is 4.22. The molecule has 0 bridgehead atoms. The minimum atomic E-state index is -0.453. The number of ether oxygens (including phenoxy) is 1. The lowest BCUT2D eigenvalue weighted by Crippen LogP contribution is -2.36. The predicted octanol–water partition coefficient (Wildman–Crippen LogP) is 3.39. The molecule has 0 heterocycles. The van der Waals surface area contributed by atoms with E-state index in [2.05, 4.69) is 44.3 Å². The average molecular weight is 291 g/mol. The first kappa shape index (κ1) is 16.3. The normalized spacial score (nSPS) is 17.4. The van der Waals surface area contributed by atoms with Crippen LogP contribution in [0.15, 0.2) is 18.2 Å². The Morgan fingerprint density at radius 2 is 2.00 bits per heavy atom. The van der Waals surface area contributed by atoms with Gasteiger partial charge in [0.15, 0.2) is 0 Å². The summed E-state index contributed by atoms with van der Waals surface area (Å²) in [6.07, 6.45) is 4.65. The van der Waals surface area contributed by atoms with E-state index in [9.17, 15) is 5.11 Å². The van der Waals surface area contributed by atoms with Crippen molar-refractivity contribution in [1.29, 1.82) is 0 Å². The van der Waals surface area contributed by atoms with E-state index in [4.69, 9.17) is 4.74 Å². The van der Waals surface area contributed by atoms with Crippen molar-refractivity contribution in [2.45, 2.75) is 64.5 Å². The minimum Gasteiger partial charge on any atom is -0.491 e. The first-order chi connectivity index (χ1) is 10.1. The van der Waals surface area contributed by atoms with Crippen LogP contribution in [0.25, 0.3) is 0 Å². The molecule has 118 valence electrons. The van der Waals surface area contributed by atoms with Crippen LogP contribution in [0.3, 0.4) is 0 Å². The van der Waals surface area contributed by atoms with E-state index in [0.717, 1.165) is 5.75 Å². The Morgan fingerprint density at radius 3 is 2.67 bits per heavy atom. The summed E-state index contributed by atoms with van der Waals surface area (Å²) in [6, 6.07) is 6.88. The van der Waals surface area contributed by atoms with Crippen LogP contribution in [0.4, 0.5) is 0 Å². The summed E-state index contributed by atoms with van der Waals surface area (Å²) in [6.45, 7) is 7.36. The molecule has 0 spiro atoms. The summed E-state index contributed by atoms with van der Waals surface area (Å²) < 4.78 is 5.87. The second-order valence-electron chi connectivity index (χ2n) is 6.55. The molecule has 21 heavy (non-hydrogen) atoms. The van der Waals surface area contributed by atoms with Crippen LogP contribution in [0.2, 0.25) is 0 Å². The highest BCUT2D eigenvalue weighted by atomic mass is 16.5. The van der Waals surface area contributed by atoms with Gasteiger partial charge in [-0.2, -0.15) is 0 Å². The lowest BCUT2D eigenvalue weighted by Gasteiger charge is -2.19. The maximum absolute atomic E-state index is 10.1. The molecule has 2 N–H and O–H groups in total. The fourth-order valence-electron chi connectivity index (χ4n) is 2.92. The largest absolute Gasteiger partial charge is 0.491 e. The molecule has 1 aliphatic rings. The molecule has 1 saturated carbocycles.